The molecule has 1 aromatic carbocycles. The molecule has 23 heavy (non-hydrogen) atoms. The Hall–Kier alpha value is -2.20. The number of fused-ring (bicyclic) bond motifs is 1. The number of nitrogens with one attached hydrogen (secondary N) is 1. The zero-order valence-electron chi connectivity index (χ0n) is 13.3. The van der Waals surface area contributed by atoms with Crippen LogP contribution in [0.3, 0.4) is 0 Å². The van der Waals surface area contributed by atoms with Gasteiger partial charge in [-0.25, -0.2) is 12.7 Å². The van der Waals surface area contributed by atoms with Crippen molar-refractivity contribution in [2.45, 2.75) is 24.8 Å². The van der Waals surface area contributed by atoms with Crippen molar-refractivity contribution in [3.05, 3.63) is 18.2 Å². The van der Waals surface area contributed by atoms with E-state index in [-0.39, 0.29) is 23.5 Å². The second-order valence-electron chi connectivity index (χ2n) is 5.40. The zero-order valence-corrected chi connectivity index (χ0v) is 14.2. The molecule has 9 nitrogen and oxygen atoms in total. The minimum atomic E-state index is -3.58. The molecule has 10 heteroatoms. The van der Waals surface area contributed by atoms with Gasteiger partial charge in [0, 0.05) is 20.1 Å². The SMILES string of the molecule is CC(C)NC(=O)COn1nnc2ccc(S(=O)(=O)N(C)C)cc21. The fraction of sp³-hybridized carbons (Fsp3) is 0.462. The van der Waals surface area contributed by atoms with E-state index in [0.29, 0.717) is 11.0 Å². The molecule has 0 saturated heterocycles. The highest BCUT2D eigenvalue weighted by molar-refractivity contribution is 7.89. The number of carbonyl (C=O) groups excluding carboxylic acids is 1. The van der Waals surface area contributed by atoms with Crippen molar-refractivity contribution in [1.82, 2.24) is 24.8 Å². The number of hydrogen-bond acceptors (Lipinski definition) is 6. The van der Waals surface area contributed by atoms with Gasteiger partial charge < -0.3 is 10.2 Å². The van der Waals surface area contributed by atoms with Gasteiger partial charge in [0.2, 0.25) is 10.0 Å². The van der Waals surface area contributed by atoms with Crippen LogP contribution in [0.1, 0.15) is 13.8 Å². The van der Waals surface area contributed by atoms with E-state index < -0.39 is 10.0 Å². The Morgan fingerprint density at radius 2 is 2.09 bits per heavy atom. The molecular weight excluding hydrogens is 322 g/mol. The molecule has 0 unspecified atom stereocenters. The lowest BCUT2D eigenvalue weighted by molar-refractivity contribution is -0.126. The average Bonchev–Trinajstić information content (AvgIpc) is 2.86. The summed E-state index contributed by atoms with van der Waals surface area (Å²) in [5.41, 5.74) is 0.831. The van der Waals surface area contributed by atoms with Crippen LogP contribution in [-0.4, -0.2) is 60.5 Å². The molecule has 2 aromatic rings. The van der Waals surface area contributed by atoms with Crippen LogP contribution < -0.4 is 10.2 Å². The van der Waals surface area contributed by atoms with Crippen LogP contribution >= 0.6 is 0 Å². The molecule has 1 aromatic heterocycles. The number of rotatable bonds is 6. The smallest absolute Gasteiger partial charge is 0.260 e. The fourth-order valence-corrected chi connectivity index (χ4v) is 2.75. The third-order valence-corrected chi connectivity index (χ3v) is 4.74. The second-order valence-corrected chi connectivity index (χ2v) is 7.55. The Labute approximate surface area is 134 Å². The average molecular weight is 341 g/mol. The number of benzene rings is 1. The van der Waals surface area contributed by atoms with Crippen LogP contribution in [0.5, 0.6) is 0 Å². The summed E-state index contributed by atoms with van der Waals surface area (Å²) >= 11 is 0. The van der Waals surface area contributed by atoms with Gasteiger partial charge in [0.1, 0.15) is 11.0 Å². The van der Waals surface area contributed by atoms with Crippen molar-refractivity contribution in [3.8, 4) is 0 Å². The van der Waals surface area contributed by atoms with Crippen molar-refractivity contribution < 1.29 is 18.0 Å². The minimum absolute atomic E-state index is 0.00423. The number of hydrogen-bond donors (Lipinski definition) is 1. The predicted molar refractivity (Wildman–Crippen MR) is 83.1 cm³/mol. The Morgan fingerprint density at radius 3 is 2.70 bits per heavy atom. The van der Waals surface area contributed by atoms with E-state index in [1.807, 2.05) is 13.8 Å². The summed E-state index contributed by atoms with van der Waals surface area (Å²) in [6.45, 7) is 3.42. The van der Waals surface area contributed by atoms with Gasteiger partial charge in [-0.1, -0.05) is 4.85 Å². The Kier molecular flexibility index (Phi) is 4.85. The summed E-state index contributed by atoms with van der Waals surface area (Å²) in [7, 11) is -0.688. The Balaban J connectivity index is 2.27. The van der Waals surface area contributed by atoms with Crippen molar-refractivity contribution in [1.29, 1.82) is 0 Å². The third kappa shape index (κ3) is 3.77. The van der Waals surface area contributed by atoms with Crippen LogP contribution in [0.15, 0.2) is 23.1 Å². The quantitative estimate of drug-likeness (QED) is 0.769. The van der Waals surface area contributed by atoms with E-state index in [2.05, 4.69) is 15.6 Å². The predicted octanol–water partition coefficient (Wildman–Crippen LogP) is -0.365. The van der Waals surface area contributed by atoms with Gasteiger partial charge in [-0.15, -0.1) is 5.10 Å². The molecule has 0 spiro atoms. The lowest BCUT2D eigenvalue weighted by atomic mass is 10.3. The number of amides is 1. The van der Waals surface area contributed by atoms with E-state index >= 15 is 0 Å². The molecule has 0 aliphatic heterocycles. The molecule has 0 aliphatic rings. The summed E-state index contributed by atoms with van der Waals surface area (Å²) < 4.78 is 25.4. The van der Waals surface area contributed by atoms with Gasteiger partial charge in [0.05, 0.1) is 4.90 Å². The standard InChI is InChI=1S/C13H19N5O4S/c1-9(2)14-13(19)8-22-18-12-7-10(23(20,21)17(3)4)5-6-11(12)15-16-18/h5-7,9H,8H2,1-4H3,(H,14,19). The normalized spacial score (nSPS) is 12.1. The van der Waals surface area contributed by atoms with Crippen LogP contribution in [0.4, 0.5) is 0 Å². The lowest BCUT2D eigenvalue weighted by Crippen LogP contribution is -2.36. The monoisotopic (exact) mass is 341 g/mol. The van der Waals surface area contributed by atoms with Crippen molar-refractivity contribution >= 4 is 27.0 Å². The molecule has 0 aliphatic carbocycles. The first-order valence-electron chi connectivity index (χ1n) is 6.92. The fourth-order valence-electron chi connectivity index (χ4n) is 1.83. The topological polar surface area (TPSA) is 106 Å². The number of aromatic nitrogens is 3. The maximum absolute atomic E-state index is 12.2. The van der Waals surface area contributed by atoms with Crippen molar-refractivity contribution in [2.75, 3.05) is 20.7 Å². The van der Waals surface area contributed by atoms with E-state index in [4.69, 9.17) is 4.84 Å². The molecule has 0 atom stereocenters. The lowest BCUT2D eigenvalue weighted by Gasteiger charge is -2.11. The van der Waals surface area contributed by atoms with Crippen LogP contribution in [0, 0.1) is 0 Å². The Bertz CT molecular complexity index is 813. The highest BCUT2D eigenvalue weighted by atomic mass is 32.2. The first-order chi connectivity index (χ1) is 10.7. The van der Waals surface area contributed by atoms with Gasteiger partial charge in [0.25, 0.3) is 5.91 Å². The van der Waals surface area contributed by atoms with E-state index in [1.165, 1.54) is 32.3 Å². The maximum atomic E-state index is 12.2. The molecule has 0 saturated carbocycles. The largest absolute Gasteiger partial charge is 0.385 e. The molecule has 2 rings (SSSR count). The highest BCUT2D eigenvalue weighted by Gasteiger charge is 2.19. The van der Waals surface area contributed by atoms with Gasteiger partial charge >= 0.3 is 0 Å². The molecule has 126 valence electrons. The van der Waals surface area contributed by atoms with E-state index in [9.17, 15) is 13.2 Å². The van der Waals surface area contributed by atoms with Crippen molar-refractivity contribution in [2.24, 2.45) is 0 Å². The van der Waals surface area contributed by atoms with Gasteiger partial charge in [-0.3, -0.25) is 4.79 Å². The number of nitrogens with zero attached hydrogens (tertiary/aromatic N) is 4. The summed E-state index contributed by atoms with van der Waals surface area (Å²) in [6, 6.07) is 4.38. The van der Waals surface area contributed by atoms with Gasteiger partial charge in [-0.05, 0) is 37.3 Å². The maximum Gasteiger partial charge on any atom is 0.260 e. The summed E-state index contributed by atoms with van der Waals surface area (Å²) in [6.07, 6.45) is 0. The zero-order chi connectivity index (χ0) is 17.2. The molecular formula is C13H19N5O4S. The highest BCUT2D eigenvalue weighted by Crippen LogP contribution is 2.18. The first kappa shape index (κ1) is 17.2. The molecule has 0 radical (unpaired) electrons. The van der Waals surface area contributed by atoms with Gasteiger partial charge in [-0.2, -0.15) is 0 Å². The number of sulfonamides is 1. The molecule has 1 N–H and O–H groups in total. The second kappa shape index (κ2) is 6.50. The summed E-state index contributed by atoms with van der Waals surface area (Å²) in [5, 5.41) is 10.3. The minimum Gasteiger partial charge on any atom is -0.385 e. The van der Waals surface area contributed by atoms with Crippen LogP contribution in [0.25, 0.3) is 11.0 Å². The summed E-state index contributed by atoms with van der Waals surface area (Å²) in [4.78, 5) is 18.0. The third-order valence-electron chi connectivity index (χ3n) is 2.93. The molecule has 0 fully saturated rings. The van der Waals surface area contributed by atoms with Crippen LogP contribution in [0.2, 0.25) is 0 Å². The first-order valence-corrected chi connectivity index (χ1v) is 8.36. The number of carbonyl (C=O) groups is 1. The Morgan fingerprint density at radius 1 is 1.39 bits per heavy atom. The summed E-state index contributed by atoms with van der Waals surface area (Å²) in [5.74, 6) is -0.305. The van der Waals surface area contributed by atoms with Crippen LogP contribution in [-0.2, 0) is 14.8 Å². The van der Waals surface area contributed by atoms with Crippen molar-refractivity contribution in [3.63, 3.8) is 0 Å². The van der Waals surface area contributed by atoms with E-state index in [0.717, 1.165) is 9.15 Å². The molecule has 0 bridgehead atoms. The molecule has 1 amide bonds. The van der Waals surface area contributed by atoms with E-state index in [1.54, 1.807) is 0 Å². The molecule has 1 heterocycles. The van der Waals surface area contributed by atoms with Gasteiger partial charge in [0.15, 0.2) is 6.61 Å².